The van der Waals surface area contributed by atoms with Crippen molar-refractivity contribution in [3.05, 3.63) is 0 Å². The molecule has 2 aliphatic rings. The van der Waals surface area contributed by atoms with Crippen LogP contribution >= 0.6 is 0 Å². The first-order chi connectivity index (χ1) is 7.84. The zero-order valence-corrected chi connectivity index (χ0v) is 10.5. The van der Waals surface area contributed by atoms with Gasteiger partial charge in [0.2, 0.25) is 0 Å². The van der Waals surface area contributed by atoms with Gasteiger partial charge in [-0.3, -0.25) is 4.90 Å². The average molecular weight is 250 g/mol. The zero-order valence-electron chi connectivity index (χ0n) is 10.5. The highest BCUT2D eigenvalue weighted by molar-refractivity contribution is 5.00. The van der Waals surface area contributed by atoms with E-state index in [0.29, 0.717) is 19.0 Å². The van der Waals surface area contributed by atoms with E-state index < -0.39 is 12.7 Å². The SMILES string of the molecule is CCC1(C)CNC(C2CC2)CN1CC(F)(F)F. The lowest BCUT2D eigenvalue weighted by atomic mass is 9.91. The van der Waals surface area contributed by atoms with E-state index in [9.17, 15) is 13.2 Å². The molecule has 1 aliphatic carbocycles. The Kier molecular flexibility index (Phi) is 3.42. The van der Waals surface area contributed by atoms with Crippen molar-refractivity contribution in [1.29, 1.82) is 0 Å². The Bertz CT molecular complexity index is 275. The third kappa shape index (κ3) is 3.13. The number of hydrogen-bond donors (Lipinski definition) is 1. The van der Waals surface area contributed by atoms with Crippen molar-refractivity contribution in [3.8, 4) is 0 Å². The number of nitrogens with one attached hydrogen (secondary N) is 1. The maximum atomic E-state index is 12.6. The van der Waals surface area contributed by atoms with Gasteiger partial charge in [0.1, 0.15) is 0 Å². The average Bonchev–Trinajstić information content (AvgIpc) is 3.03. The molecule has 17 heavy (non-hydrogen) atoms. The lowest BCUT2D eigenvalue weighted by Crippen LogP contribution is -2.65. The van der Waals surface area contributed by atoms with Crippen LogP contribution in [-0.2, 0) is 0 Å². The number of nitrogens with zero attached hydrogens (tertiary/aromatic N) is 1. The highest BCUT2D eigenvalue weighted by atomic mass is 19.4. The predicted octanol–water partition coefficient (Wildman–Crippen LogP) is 2.40. The van der Waals surface area contributed by atoms with Crippen LogP contribution in [0, 0.1) is 5.92 Å². The van der Waals surface area contributed by atoms with Gasteiger partial charge in [0.15, 0.2) is 0 Å². The minimum absolute atomic E-state index is 0.261. The molecule has 2 unspecified atom stereocenters. The van der Waals surface area contributed by atoms with Crippen molar-refractivity contribution in [3.63, 3.8) is 0 Å². The Morgan fingerprint density at radius 2 is 2.00 bits per heavy atom. The molecule has 1 aliphatic heterocycles. The van der Waals surface area contributed by atoms with Crippen LogP contribution in [0.1, 0.15) is 33.1 Å². The van der Waals surface area contributed by atoms with Gasteiger partial charge < -0.3 is 5.32 Å². The summed E-state index contributed by atoms with van der Waals surface area (Å²) in [4.78, 5) is 1.63. The fourth-order valence-electron chi connectivity index (χ4n) is 2.62. The quantitative estimate of drug-likeness (QED) is 0.827. The second-order valence-electron chi connectivity index (χ2n) is 5.67. The van der Waals surface area contributed by atoms with Gasteiger partial charge in [-0.2, -0.15) is 13.2 Å². The van der Waals surface area contributed by atoms with Crippen LogP contribution in [0.5, 0.6) is 0 Å². The van der Waals surface area contributed by atoms with Crippen LogP contribution in [0.2, 0.25) is 0 Å². The molecule has 0 bridgehead atoms. The summed E-state index contributed by atoms with van der Waals surface area (Å²) >= 11 is 0. The maximum absolute atomic E-state index is 12.6. The van der Waals surface area contributed by atoms with E-state index in [2.05, 4.69) is 5.32 Å². The summed E-state index contributed by atoms with van der Waals surface area (Å²) in [7, 11) is 0. The van der Waals surface area contributed by atoms with Crippen LogP contribution in [0.25, 0.3) is 0 Å². The van der Waals surface area contributed by atoms with Crippen molar-refractivity contribution in [1.82, 2.24) is 10.2 Å². The maximum Gasteiger partial charge on any atom is 0.401 e. The number of rotatable bonds is 3. The summed E-state index contributed by atoms with van der Waals surface area (Å²) in [6.45, 7) is 4.31. The number of piperazine rings is 1. The van der Waals surface area contributed by atoms with Gasteiger partial charge in [-0.1, -0.05) is 6.92 Å². The molecule has 0 spiro atoms. The van der Waals surface area contributed by atoms with Gasteiger partial charge >= 0.3 is 6.18 Å². The molecule has 1 N–H and O–H groups in total. The van der Waals surface area contributed by atoms with Gasteiger partial charge in [-0.15, -0.1) is 0 Å². The van der Waals surface area contributed by atoms with Crippen LogP contribution < -0.4 is 5.32 Å². The fourth-order valence-corrected chi connectivity index (χ4v) is 2.62. The summed E-state index contributed by atoms with van der Waals surface area (Å²) < 4.78 is 37.8. The van der Waals surface area contributed by atoms with E-state index in [1.807, 2.05) is 13.8 Å². The molecular weight excluding hydrogens is 229 g/mol. The summed E-state index contributed by atoms with van der Waals surface area (Å²) in [5, 5.41) is 3.43. The minimum atomic E-state index is -4.10. The molecule has 5 heteroatoms. The van der Waals surface area contributed by atoms with Crippen molar-refractivity contribution in [2.45, 2.75) is 50.9 Å². The molecule has 1 saturated carbocycles. The van der Waals surface area contributed by atoms with Gasteiger partial charge in [0, 0.05) is 24.7 Å². The smallest absolute Gasteiger partial charge is 0.311 e. The van der Waals surface area contributed by atoms with E-state index >= 15 is 0 Å². The minimum Gasteiger partial charge on any atom is -0.311 e. The molecule has 1 saturated heterocycles. The molecule has 2 fully saturated rings. The Morgan fingerprint density at radius 1 is 1.35 bits per heavy atom. The van der Waals surface area contributed by atoms with Gasteiger partial charge in [0.05, 0.1) is 6.54 Å². The van der Waals surface area contributed by atoms with Gasteiger partial charge in [-0.05, 0) is 32.1 Å². The lowest BCUT2D eigenvalue weighted by Gasteiger charge is -2.48. The molecule has 0 radical (unpaired) electrons. The normalized spacial score (nSPS) is 36.2. The van der Waals surface area contributed by atoms with Crippen LogP contribution in [0.3, 0.4) is 0 Å². The number of halogens is 3. The first-order valence-corrected chi connectivity index (χ1v) is 6.39. The Morgan fingerprint density at radius 3 is 2.47 bits per heavy atom. The van der Waals surface area contributed by atoms with Crippen LogP contribution in [0.15, 0.2) is 0 Å². The Balaban J connectivity index is 2.04. The summed E-state index contributed by atoms with van der Waals surface area (Å²) in [6, 6.07) is 0.261. The summed E-state index contributed by atoms with van der Waals surface area (Å²) in [5.41, 5.74) is -0.360. The van der Waals surface area contributed by atoms with Crippen molar-refractivity contribution >= 4 is 0 Å². The van der Waals surface area contributed by atoms with Crippen LogP contribution in [-0.4, -0.2) is 42.3 Å². The number of alkyl halides is 3. The lowest BCUT2D eigenvalue weighted by molar-refractivity contribution is -0.163. The van der Waals surface area contributed by atoms with Gasteiger partial charge in [0.25, 0.3) is 0 Å². The highest BCUT2D eigenvalue weighted by Crippen LogP contribution is 2.37. The highest BCUT2D eigenvalue weighted by Gasteiger charge is 2.45. The molecule has 1 heterocycles. The standard InChI is InChI=1S/C12H21F3N2/c1-3-11(2)7-16-10(9-4-5-9)6-17(11)8-12(13,14)15/h9-10,16H,3-8H2,1-2H3. The second kappa shape index (κ2) is 4.43. The van der Waals surface area contributed by atoms with E-state index in [0.717, 1.165) is 6.42 Å². The molecular formula is C12H21F3N2. The van der Waals surface area contributed by atoms with Crippen LogP contribution in [0.4, 0.5) is 13.2 Å². The third-order valence-electron chi connectivity index (χ3n) is 4.25. The molecule has 2 nitrogen and oxygen atoms in total. The molecule has 2 atom stereocenters. The van der Waals surface area contributed by atoms with Gasteiger partial charge in [-0.25, -0.2) is 0 Å². The monoisotopic (exact) mass is 250 g/mol. The summed E-state index contributed by atoms with van der Waals surface area (Å²) in [6.07, 6.45) is -1.02. The zero-order chi connectivity index (χ0) is 12.7. The Labute approximate surface area is 101 Å². The predicted molar refractivity (Wildman–Crippen MR) is 60.8 cm³/mol. The Hall–Kier alpha value is -0.290. The summed E-state index contributed by atoms with van der Waals surface area (Å²) in [5.74, 6) is 0.604. The van der Waals surface area contributed by atoms with E-state index in [4.69, 9.17) is 0 Å². The van der Waals surface area contributed by atoms with Crippen molar-refractivity contribution < 1.29 is 13.2 Å². The molecule has 0 aromatic carbocycles. The molecule has 100 valence electrons. The van der Waals surface area contributed by atoms with Crippen molar-refractivity contribution in [2.24, 2.45) is 5.92 Å². The topological polar surface area (TPSA) is 15.3 Å². The van der Waals surface area contributed by atoms with E-state index in [-0.39, 0.29) is 11.6 Å². The fraction of sp³-hybridized carbons (Fsp3) is 1.00. The van der Waals surface area contributed by atoms with E-state index in [1.54, 1.807) is 4.90 Å². The molecule has 0 aromatic rings. The third-order valence-corrected chi connectivity index (χ3v) is 4.25. The van der Waals surface area contributed by atoms with Crippen molar-refractivity contribution in [2.75, 3.05) is 19.6 Å². The largest absolute Gasteiger partial charge is 0.401 e. The second-order valence-corrected chi connectivity index (χ2v) is 5.67. The molecule has 2 rings (SSSR count). The first kappa shape index (κ1) is 13.1. The molecule has 0 aromatic heterocycles. The van der Waals surface area contributed by atoms with E-state index in [1.165, 1.54) is 12.8 Å². The molecule has 0 amide bonds. The first-order valence-electron chi connectivity index (χ1n) is 6.39. The number of hydrogen-bond acceptors (Lipinski definition) is 2.